The number of hydrogen-bond donors (Lipinski definition) is 2. The standard InChI is InChI=1S/C66H68N4S/c1-9-16-43-71-65-46-55(39-42-63(65)70(48(8)14-6)57-29-18-17-19-30-57)54-38-40-60-61(59-32-21-20-27-52(59)24-11-3)47-69(64(60)45-54)58-31-22-28-56(44-58)62(68-66(67)53(25-12-4)26-13-5)41-35-49-33-36-51(37-34-49)50(15-7)23-10-2/h9-34,36-42,44-46,48,66,68H,3-4,6,35,43,47,67H2,1-2,5,7-8H3/b16-9-,23-10-,26-13-,50-15+,52-24-,53-25+,61-59+,62-41-. The zero-order chi connectivity index (χ0) is 50.1. The van der Waals surface area contributed by atoms with Crippen LogP contribution in [0.3, 0.4) is 0 Å². The van der Waals surface area contributed by atoms with Crippen molar-refractivity contribution in [2.75, 3.05) is 22.1 Å². The van der Waals surface area contributed by atoms with E-state index in [0.29, 0.717) is 13.0 Å². The van der Waals surface area contributed by atoms with E-state index in [4.69, 9.17) is 5.73 Å². The van der Waals surface area contributed by atoms with E-state index in [0.717, 1.165) is 61.7 Å². The highest BCUT2D eigenvalue weighted by Crippen LogP contribution is 2.44. The van der Waals surface area contributed by atoms with Crippen molar-refractivity contribution >= 4 is 57.4 Å². The third kappa shape index (κ3) is 12.4. The minimum atomic E-state index is -0.473. The average Bonchev–Trinajstić information content (AvgIpc) is 3.79. The zero-order valence-corrected chi connectivity index (χ0v) is 42.9. The van der Waals surface area contributed by atoms with E-state index in [-0.39, 0.29) is 6.04 Å². The van der Waals surface area contributed by atoms with Crippen LogP contribution in [0.1, 0.15) is 56.9 Å². The summed E-state index contributed by atoms with van der Waals surface area (Å²) < 4.78 is 0. The molecule has 4 nitrogen and oxygen atoms in total. The van der Waals surface area contributed by atoms with Crippen LogP contribution in [0.4, 0.5) is 22.7 Å². The molecule has 2 unspecified atom stereocenters. The van der Waals surface area contributed by atoms with Crippen molar-refractivity contribution in [3.63, 3.8) is 0 Å². The Morgan fingerprint density at radius 3 is 2.23 bits per heavy atom. The van der Waals surface area contributed by atoms with Gasteiger partial charge in [-0.25, -0.2) is 0 Å². The monoisotopic (exact) mass is 949 g/mol. The Morgan fingerprint density at radius 2 is 1.51 bits per heavy atom. The number of allylic oxidation sites excluding steroid dienone is 10. The molecule has 5 heteroatoms. The van der Waals surface area contributed by atoms with Crippen LogP contribution in [-0.4, -0.2) is 24.5 Å². The van der Waals surface area contributed by atoms with E-state index < -0.39 is 6.17 Å². The lowest BCUT2D eigenvalue weighted by molar-refractivity contribution is 0.722. The highest BCUT2D eigenvalue weighted by Gasteiger charge is 2.27. The van der Waals surface area contributed by atoms with E-state index >= 15 is 0 Å². The first-order valence-electron chi connectivity index (χ1n) is 24.6. The second-order valence-corrected chi connectivity index (χ2v) is 18.4. The Balaban J connectivity index is 1.36. The molecular weight excluding hydrogens is 881 g/mol. The fourth-order valence-corrected chi connectivity index (χ4v) is 10.1. The fourth-order valence-electron chi connectivity index (χ4n) is 9.09. The fraction of sp³-hybridized carbons (Fsp3) is 0.152. The molecule has 6 aromatic rings. The number of anilines is 4. The third-order valence-corrected chi connectivity index (χ3v) is 13.7. The maximum absolute atomic E-state index is 6.97. The quantitative estimate of drug-likeness (QED) is 0.0346. The molecule has 0 bridgehead atoms. The number of fused-ring (bicyclic) bond motifs is 1. The smallest absolute Gasteiger partial charge is 0.101 e. The molecule has 2 atom stereocenters. The van der Waals surface area contributed by atoms with E-state index in [1.807, 2.05) is 49.1 Å². The molecule has 1 aliphatic rings. The highest BCUT2D eigenvalue weighted by atomic mass is 32.2. The maximum Gasteiger partial charge on any atom is 0.101 e. The second-order valence-electron chi connectivity index (χ2n) is 17.4. The second kappa shape index (κ2) is 25.3. The van der Waals surface area contributed by atoms with Gasteiger partial charge in [0.2, 0.25) is 0 Å². The molecule has 0 radical (unpaired) electrons. The molecule has 0 fully saturated rings. The van der Waals surface area contributed by atoms with Gasteiger partial charge < -0.3 is 20.9 Å². The van der Waals surface area contributed by atoms with E-state index in [2.05, 4.69) is 245 Å². The Bertz CT molecular complexity index is 3150. The van der Waals surface area contributed by atoms with Crippen LogP contribution in [0.5, 0.6) is 0 Å². The van der Waals surface area contributed by atoms with Crippen LogP contribution >= 0.6 is 11.8 Å². The number of nitrogens with two attached hydrogens (primary N) is 1. The van der Waals surface area contributed by atoms with Crippen LogP contribution in [0.2, 0.25) is 0 Å². The largest absolute Gasteiger partial charge is 0.366 e. The Morgan fingerprint density at radius 1 is 0.761 bits per heavy atom. The van der Waals surface area contributed by atoms with Crippen molar-refractivity contribution in [2.45, 2.75) is 58.1 Å². The summed E-state index contributed by atoms with van der Waals surface area (Å²) >= 11 is 1.85. The van der Waals surface area contributed by atoms with Crippen LogP contribution < -0.4 is 31.3 Å². The van der Waals surface area contributed by atoms with Crippen molar-refractivity contribution in [1.29, 1.82) is 0 Å². The van der Waals surface area contributed by atoms with Crippen LogP contribution in [0.15, 0.2) is 243 Å². The number of rotatable bonds is 20. The van der Waals surface area contributed by atoms with Gasteiger partial charge in [0.25, 0.3) is 0 Å². The van der Waals surface area contributed by atoms with Gasteiger partial charge >= 0.3 is 0 Å². The molecule has 0 amide bonds. The number of thioether (sulfide) groups is 1. The van der Waals surface area contributed by atoms with Gasteiger partial charge in [0, 0.05) is 51.6 Å². The van der Waals surface area contributed by atoms with Crippen molar-refractivity contribution < 1.29 is 0 Å². The van der Waals surface area contributed by atoms with Gasteiger partial charge in [0.05, 0.1) is 5.69 Å². The van der Waals surface area contributed by atoms with Crippen molar-refractivity contribution in [1.82, 2.24) is 5.32 Å². The van der Waals surface area contributed by atoms with E-state index in [1.54, 1.807) is 6.08 Å². The molecule has 0 saturated carbocycles. The topological polar surface area (TPSA) is 44.5 Å². The third-order valence-electron chi connectivity index (χ3n) is 12.7. The summed E-state index contributed by atoms with van der Waals surface area (Å²) in [4.78, 5) is 6.06. The number of nitrogens with one attached hydrogen (secondary N) is 1. The molecule has 1 heterocycles. The molecule has 358 valence electrons. The summed E-state index contributed by atoms with van der Waals surface area (Å²) in [6.07, 6.45) is 27.0. The summed E-state index contributed by atoms with van der Waals surface area (Å²) in [5.41, 5.74) is 22.8. The minimum Gasteiger partial charge on any atom is -0.366 e. The first kappa shape index (κ1) is 51.3. The molecule has 0 aromatic heterocycles. The predicted octanol–water partition coefficient (Wildman–Crippen LogP) is 15.2. The van der Waals surface area contributed by atoms with E-state index in [9.17, 15) is 0 Å². The maximum atomic E-state index is 6.97. The first-order valence-corrected chi connectivity index (χ1v) is 25.6. The van der Waals surface area contributed by atoms with E-state index in [1.165, 1.54) is 38.0 Å². The summed E-state index contributed by atoms with van der Waals surface area (Å²) in [6.45, 7) is 23.3. The molecule has 0 saturated heterocycles. The summed E-state index contributed by atoms with van der Waals surface area (Å²) in [6, 6.07) is 50.9. The number of hydrogen-bond acceptors (Lipinski definition) is 5. The van der Waals surface area contributed by atoms with Crippen molar-refractivity contribution in [2.24, 2.45) is 5.73 Å². The minimum absolute atomic E-state index is 0.0791. The number of para-hydroxylation sites is 1. The lowest BCUT2D eigenvalue weighted by Gasteiger charge is -2.31. The number of nitrogens with zero attached hydrogens (tertiary/aromatic N) is 2. The molecule has 0 spiro atoms. The van der Waals surface area contributed by atoms with Crippen molar-refractivity contribution in [3.8, 4) is 11.1 Å². The summed E-state index contributed by atoms with van der Waals surface area (Å²) in [5, 5.41) is 6.05. The molecule has 6 aromatic carbocycles. The highest BCUT2D eigenvalue weighted by molar-refractivity contribution is 7.99. The molecule has 7 rings (SSSR count). The van der Waals surface area contributed by atoms with Crippen LogP contribution in [0.25, 0.3) is 34.0 Å². The van der Waals surface area contributed by atoms with Gasteiger partial charge in [0.1, 0.15) is 6.17 Å². The lowest BCUT2D eigenvalue weighted by Crippen LogP contribution is -2.37. The molecule has 3 N–H and O–H groups in total. The summed E-state index contributed by atoms with van der Waals surface area (Å²) in [5.74, 6) is 0.865. The SMILES string of the molecule is C=C/C=c1/cccc/c1=C1/CN(c2cccc(/C(=C/Cc3ccc(C(/C=C\C)=C/C)cc3)NC(N)C(/C=C\C)=C/C=C)c2)c2cc(-c3ccc(N(c4ccccc4)C(C)C=C)c(SC/C=C\C)c3)ccc21. The Labute approximate surface area is 428 Å². The van der Waals surface area contributed by atoms with Gasteiger partial charge in [0.15, 0.2) is 0 Å². The average molecular weight is 949 g/mol. The van der Waals surface area contributed by atoms with Gasteiger partial charge in [-0.3, -0.25) is 0 Å². The van der Waals surface area contributed by atoms with Crippen LogP contribution in [0, 0.1) is 0 Å². The zero-order valence-electron chi connectivity index (χ0n) is 42.1. The first-order chi connectivity index (χ1) is 34.7. The van der Waals surface area contributed by atoms with Gasteiger partial charge in [-0.05, 0) is 138 Å². The van der Waals surface area contributed by atoms with Crippen LogP contribution in [-0.2, 0) is 6.42 Å². The Kier molecular flexibility index (Phi) is 18.3. The normalized spacial score (nSPS) is 15.1. The lowest BCUT2D eigenvalue weighted by atomic mass is 9.98. The number of benzene rings is 6. The van der Waals surface area contributed by atoms with Gasteiger partial charge in [-0.15, -0.1) is 18.3 Å². The van der Waals surface area contributed by atoms with Gasteiger partial charge in [-0.2, -0.15) is 0 Å². The summed E-state index contributed by atoms with van der Waals surface area (Å²) in [7, 11) is 0. The molecule has 0 aliphatic carbocycles. The molecule has 1 aliphatic heterocycles. The predicted molar refractivity (Wildman–Crippen MR) is 313 cm³/mol. The van der Waals surface area contributed by atoms with Gasteiger partial charge in [-0.1, -0.05) is 189 Å². The van der Waals surface area contributed by atoms with Crippen molar-refractivity contribution in [3.05, 3.63) is 270 Å². The Hall–Kier alpha value is -7.57. The molecular formula is C66H68N4S. The molecule has 71 heavy (non-hydrogen) atoms.